The second-order valence-electron chi connectivity index (χ2n) is 5.41. The largest absolute Gasteiger partial charge is 0.493 e. The van der Waals surface area contributed by atoms with Crippen LogP contribution in [0.2, 0.25) is 10.0 Å². The monoisotopic (exact) mass is 407 g/mol. The highest BCUT2D eigenvalue weighted by molar-refractivity contribution is 7.10. The zero-order chi connectivity index (χ0) is 18.4. The van der Waals surface area contributed by atoms with Crippen molar-refractivity contribution in [2.24, 2.45) is 9.98 Å². The molecule has 0 fully saturated rings. The first-order chi connectivity index (χ1) is 12.4. The molecule has 1 aliphatic rings. The molecule has 2 N–H and O–H groups in total. The maximum atomic E-state index is 14.4. The van der Waals surface area contributed by atoms with E-state index in [9.17, 15) is 14.3 Å². The standard InChI is InChI=1S/C17H8Cl2FN3O2S/c18-9-5-12-13(6-10(9)19)22-15(21-12)8-2-1-7(11(20)3-8)4-14-16(24)23-17(25)26-14/h1-6,24H,(H,23,25)/b7-4+. The Kier molecular flexibility index (Phi) is 4.14. The van der Waals surface area contributed by atoms with Crippen molar-refractivity contribution < 1.29 is 9.50 Å². The van der Waals surface area contributed by atoms with Gasteiger partial charge in [-0.25, -0.2) is 14.4 Å². The molecule has 2 aromatic carbocycles. The van der Waals surface area contributed by atoms with Crippen LogP contribution in [0.15, 0.2) is 45.1 Å². The summed E-state index contributed by atoms with van der Waals surface area (Å²) in [5.41, 5.74) is 0. The summed E-state index contributed by atoms with van der Waals surface area (Å²) in [5, 5.41) is 12.2. The van der Waals surface area contributed by atoms with E-state index in [0.717, 1.165) is 11.3 Å². The Morgan fingerprint density at radius 2 is 1.77 bits per heavy atom. The van der Waals surface area contributed by atoms with Crippen LogP contribution in [0.4, 0.5) is 4.39 Å². The number of nitrogens with zero attached hydrogens (tertiary/aromatic N) is 2. The first kappa shape index (κ1) is 17.0. The summed E-state index contributed by atoms with van der Waals surface area (Å²) in [4.78, 5) is 22.0. The van der Waals surface area contributed by atoms with Crippen molar-refractivity contribution in [3.05, 3.63) is 81.9 Å². The van der Waals surface area contributed by atoms with E-state index in [1.165, 1.54) is 18.2 Å². The fourth-order valence-electron chi connectivity index (χ4n) is 2.44. The van der Waals surface area contributed by atoms with Crippen molar-refractivity contribution in [1.82, 2.24) is 4.98 Å². The molecule has 0 amide bonds. The zero-order valence-corrected chi connectivity index (χ0v) is 15.1. The summed E-state index contributed by atoms with van der Waals surface area (Å²) in [6, 6.07) is 7.67. The van der Waals surface area contributed by atoms with E-state index in [2.05, 4.69) is 15.0 Å². The Morgan fingerprint density at radius 1 is 1.12 bits per heavy atom. The van der Waals surface area contributed by atoms with Gasteiger partial charge in [-0.3, -0.25) is 9.78 Å². The molecular weight excluding hydrogens is 400 g/mol. The van der Waals surface area contributed by atoms with Crippen molar-refractivity contribution in [1.29, 1.82) is 0 Å². The number of hydrogen-bond acceptors (Lipinski definition) is 5. The summed E-state index contributed by atoms with van der Waals surface area (Å²) in [5.74, 6) is -0.478. The molecule has 0 radical (unpaired) electrons. The third-order valence-corrected chi connectivity index (χ3v) is 5.21. The predicted molar refractivity (Wildman–Crippen MR) is 98.0 cm³/mol. The molecule has 1 aliphatic heterocycles. The van der Waals surface area contributed by atoms with E-state index in [1.807, 2.05) is 0 Å². The average Bonchev–Trinajstić information content (AvgIpc) is 3.12. The smallest absolute Gasteiger partial charge is 0.307 e. The summed E-state index contributed by atoms with van der Waals surface area (Å²) in [6.07, 6.45) is 1.39. The molecule has 130 valence electrons. The SMILES string of the molecule is O=c1[nH]c(O)c(/C=c2\ccc(=C3N=c4cc(Cl)c(Cl)cc4=N3)cc2F)s1. The fraction of sp³-hybridized carbons (Fsp3) is 0. The Bertz CT molecular complexity index is 1320. The Labute approximate surface area is 158 Å². The maximum absolute atomic E-state index is 14.4. The number of fused-ring (bicyclic) bond motifs is 1. The number of aromatic hydroxyl groups is 1. The lowest BCUT2D eigenvalue weighted by molar-refractivity contribution is 0.455. The summed E-state index contributed by atoms with van der Waals surface area (Å²) < 4.78 is 14.4. The highest BCUT2D eigenvalue weighted by Crippen LogP contribution is 2.18. The number of nitrogens with one attached hydrogen (secondary N) is 1. The number of H-pyrrole nitrogens is 1. The van der Waals surface area contributed by atoms with Crippen molar-refractivity contribution in [3.8, 4) is 5.88 Å². The number of halogens is 3. The molecule has 0 unspecified atom stereocenters. The van der Waals surface area contributed by atoms with Crippen LogP contribution in [0.5, 0.6) is 5.88 Å². The lowest BCUT2D eigenvalue weighted by Crippen LogP contribution is -2.20. The molecule has 0 saturated carbocycles. The maximum Gasteiger partial charge on any atom is 0.307 e. The van der Waals surface area contributed by atoms with Gasteiger partial charge in [0.2, 0.25) is 5.88 Å². The van der Waals surface area contributed by atoms with Crippen LogP contribution in [0.1, 0.15) is 4.88 Å². The van der Waals surface area contributed by atoms with Gasteiger partial charge < -0.3 is 5.11 Å². The van der Waals surface area contributed by atoms with Crippen LogP contribution in [0, 0.1) is 5.82 Å². The molecule has 9 heteroatoms. The van der Waals surface area contributed by atoms with Gasteiger partial charge in [0.15, 0.2) is 5.82 Å². The molecule has 3 aromatic rings. The molecule has 4 rings (SSSR count). The summed E-state index contributed by atoms with van der Waals surface area (Å²) in [6.45, 7) is 0. The Balaban J connectivity index is 1.87. The van der Waals surface area contributed by atoms with Crippen LogP contribution in [-0.2, 0) is 0 Å². The number of hydrogen-bond donors (Lipinski definition) is 2. The van der Waals surface area contributed by atoms with Gasteiger partial charge in [-0.15, -0.1) is 0 Å². The van der Waals surface area contributed by atoms with Gasteiger partial charge in [0.25, 0.3) is 0 Å². The second-order valence-corrected chi connectivity index (χ2v) is 7.24. The molecule has 0 spiro atoms. The van der Waals surface area contributed by atoms with E-state index in [-0.39, 0.29) is 16.0 Å². The molecule has 0 aliphatic carbocycles. The number of benzene rings is 2. The van der Waals surface area contributed by atoms with Gasteiger partial charge >= 0.3 is 4.87 Å². The van der Waals surface area contributed by atoms with Gasteiger partial charge in [-0.1, -0.05) is 46.7 Å². The lowest BCUT2D eigenvalue weighted by Gasteiger charge is -1.94. The fourth-order valence-corrected chi connectivity index (χ4v) is 3.44. The highest BCUT2D eigenvalue weighted by Gasteiger charge is 2.08. The van der Waals surface area contributed by atoms with Gasteiger partial charge in [-0.2, -0.15) is 0 Å². The predicted octanol–water partition coefficient (Wildman–Crippen LogP) is 1.44. The minimum Gasteiger partial charge on any atom is -0.493 e. The highest BCUT2D eigenvalue weighted by atomic mass is 35.5. The minimum atomic E-state index is -0.535. The van der Waals surface area contributed by atoms with E-state index < -0.39 is 10.7 Å². The summed E-state index contributed by atoms with van der Waals surface area (Å²) >= 11 is 12.7. The molecule has 0 bridgehead atoms. The quantitative estimate of drug-likeness (QED) is 0.639. The van der Waals surface area contributed by atoms with Crippen LogP contribution in [0.3, 0.4) is 0 Å². The molecule has 0 saturated heterocycles. The van der Waals surface area contributed by atoms with Crippen molar-refractivity contribution >= 4 is 46.4 Å². The third-order valence-electron chi connectivity index (χ3n) is 3.67. The van der Waals surface area contributed by atoms with E-state index in [4.69, 9.17) is 23.2 Å². The molecule has 2 heterocycles. The van der Waals surface area contributed by atoms with Crippen LogP contribution < -0.4 is 26.0 Å². The molecule has 0 atom stereocenters. The van der Waals surface area contributed by atoms with Gasteiger partial charge in [0.05, 0.1) is 25.6 Å². The first-order valence-electron chi connectivity index (χ1n) is 7.27. The third kappa shape index (κ3) is 3.05. The van der Waals surface area contributed by atoms with Crippen molar-refractivity contribution in [2.75, 3.05) is 0 Å². The molecule has 1 aromatic heterocycles. The minimum absolute atomic E-state index is 0.224. The normalized spacial score (nSPS) is 13.5. The number of rotatable bonds is 1. The van der Waals surface area contributed by atoms with Gasteiger partial charge in [0, 0.05) is 10.4 Å². The van der Waals surface area contributed by atoms with E-state index in [1.54, 1.807) is 18.2 Å². The van der Waals surface area contributed by atoms with Gasteiger partial charge in [0.1, 0.15) is 5.82 Å². The van der Waals surface area contributed by atoms with E-state index >= 15 is 0 Å². The van der Waals surface area contributed by atoms with Crippen molar-refractivity contribution in [3.63, 3.8) is 0 Å². The summed E-state index contributed by atoms with van der Waals surface area (Å²) in [7, 11) is 0. The molecule has 26 heavy (non-hydrogen) atoms. The van der Waals surface area contributed by atoms with Crippen LogP contribution >= 0.6 is 34.5 Å². The lowest BCUT2D eigenvalue weighted by atomic mass is 10.2. The Hall–Kier alpha value is -2.48. The van der Waals surface area contributed by atoms with Crippen molar-refractivity contribution in [2.45, 2.75) is 0 Å². The number of aromatic amines is 1. The number of aromatic nitrogens is 1. The second kappa shape index (κ2) is 6.35. The number of thiazole rings is 1. The van der Waals surface area contributed by atoms with Crippen LogP contribution in [-0.4, -0.2) is 10.1 Å². The first-order valence-corrected chi connectivity index (χ1v) is 8.84. The average molecular weight is 408 g/mol. The van der Waals surface area contributed by atoms with E-state index in [0.29, 0.717) is 31.8 Å². The van der Waals surface area contributed by atoms with Gasteiger partial charge in [-0.05, 0) is 24.3 Å². The topological polar surface area (TPSA) is 77.8 Å². The Morgan fingerprint density at radius 3 is 2.31 bits per heavy atom. The van der Waals surface area contributed by atoms with Crippen LogP contribution in [0.25, 0.3) is 11.9 Å². The molecular formula is C17H8Cl2FN3O2S. The zero-order valence-electron chi connectivity index (χ0n) is 12.8. The molecule has 5 nitrogen and oxygen atoms in total.